The molecule has 0 radical (unpaired) electrons. The number of nitrogen functional groups attached to an aromatic ring is 1. The highest BCUT2D eigenvalue weighted by Gasteiger charge is 2.32. The Bertz CT molecular complexity index is 464. The van der Waals surface area contributed by atoms with E-state index in [0.29, 0.717) is 28.4 Å². The molecule has 92 valence electrons. The Morgan fingerprint density at radius 2 is 2.29 bits per heavy atom. The molecule has 0 aromatic heterocycles. The van der Waals surface area contributed by atoms with Crippen LogP contribution in [0.2, 0.25) is 0 Å². The summed E-state index contributed by atoms with van der Waals surface area (Å²) in [5.74, 6) is 0.527. The number of benzene rings is 1. The second kappa shape index (κ2) is 4.64. The fourth-order valence-electron chi connectivity index (χ4n) is 1.74. The van der Waals surface area contributed by atoms with Crippen LogP contribution < -0.4 is 11.1 Å². The summed E-state index contributed by atoms with van der Waals surface area (Å²) in [7, 11) is 0. The number of amides is 1. The molecule has 0 saturated heterocycles. The molecule has 2 unspecified atom stereocenters. The number of carbonyl (C=O) groups is 1. The average Bonchev–Trinajstić information content (AvgIpc) is 2.96. The predicted molar refractivity (Wildman–Crippen MR) is 68.1 cm³/mol. The van der Waals surface area contributed by atoms with E-state index in [4.69, 9.17) is 5.73 Å². The molecule has 1 saturated carbocycles. The molecule has 0 heterocycles. The number of anilines is 1. The van der Waals surface area contributed by atoms with Crippen LogP contribution in [0.3, 0.4) is 0 Å². The van der Waals surface area contributed by atoms with Crippen LogP contribution in [0.15, 0.2) is 16.6 Å². The van der Waals surface area contributed by atoms with Gasteiger partial charge in [-0.25, -0.2) is 4.39 Å². The van der Waals surface area contributed by atoms with Crippen LogP contribution in [0.4, 0.5) is 10.1 Å². The standard InChI is InChI=1S/C12H14BrFN2O/c1-6-2-7(6)5-16-12(17)8-3-11(15)10(14)4-9(8)13/h3-4,6-7H,2,5,15H2,1H3,(H,16,17). The molecule has 1 amide bonds. The minimum absolute atomic E-state index is 0.0156. The maximum atomic E-state index is 13.1. The molecule has 5 heteroatoms. The third kappa shape index (κ3) is 2.77. The lowest BCUT2D eigenvalue weighted by molar-refractivity contribution is 0.0950. The van der Waals surface area contributed by atoms with Crippen LogP contribution in [0, 0.1) is 17.7 Å². The van der Waals surface area contributed by atoms with Crippen molar-refractivity contribution in [3.63, 3.8) is 0 Å². The van der Waals surface area contributed by atoms with Gasteiger partial charge in [-0.05, 0) is 46.3 Å². The number of rotatable bonds is 3. The molecule has 3 N–H and O–H groups in total. The number of carbonyl (C=O) groups excluding carboxylic acids is 1. The number of nitrogens with two attached hydrogens (primary N) is 1. The van der Waals surface area contributed by atoms with E-state index in [9.17, 15) is 9.18 Å². The molecule has 2 atom stereocenters. The van der Waals surface area contributed by atoms with Gasteiger partial charge in [0.25, 0.3) is 5.91 Å². The van der Waals surface area contributed by atoms with Gasteiger partial charge in [0.1, 0.15) is 5.82 Å². The zero-order valence-corrected chi connectivity index (χ0v) is 11.1. The van der Waals surface area contributed by atoms with Crippen LogP contribution in [-0.4, -0.2) is 12.5 Å². The molecule has 1 aromatic carbocycles. The van der Waals surface area contributed by atoms with Gasteiger partial charge >= 0.3 is 0 Å². The van der Waals surface area contributed by atoms with Crippen molar-refractivity contribution in [2.45, 2.75) is 13.3 Å². The Morgan fingerprint density at radius 3 is 2.88 bits per heavy atom. The summed E-state index contributed by atoms with van der Waals surface area (Å²) in [6.45, 7) is 2.83. The minimum Gasteiger partial charge on any atom is -0.396 e. The maximum Gasteiger partial charge on any atom is 0.252 e. The summed E-state index contributed by atoms with van der Waals surface area (Å²) in [6.07, 6.45) is 1.16. The van der Waals surface area contributed by atoms with Gasteiger partial charge in [0.15, 0.2) is 0 Å². The molecule has 0 spiro atoms. The van der Waals surface area contributed by atoms with E-state index >= 15 is 0 Å². The fraction of sp³-hybridized carbons (Fsp3) is 0.417. The Kier molecular flexibility index (Phi) is 3.38. The lowest BCUT2D eigenvalue weighted by atomic mass is 10.2. The van der Waals surface area contributed by atoms with Crippen molar-refractivity contribution in [3.05, 3.63) is 28.0 Å². The Balaban J connectivity index is 2.05. The largest absolute Gasteiger partial charge is 0.396 e. The van der Waals surface area contributed by atoms with E-state index in [-0.39, 0.29) is 11.6 Å². The van der Waals surface area contributed by atoms with Crippen molar-refractivity contribution >= 4 is 27.5 Å². The second-order valence-corrected chi connectivity index (χ2v) is 5.39. The quantitative estimate of drug-likeness (QED) is 0.843. The molecule has 0 bridgehead atoms. The van der Waals surface area contributed by atoms with Gasteiger partial charge in [0, 0.05) is 11.0 Å². The van der Waals surface area contributed by atoms with E-state index < -0.39 is 5.82 Å². The normalized spacial score (nSPS) is 22.3. The number of hydrogen-bond donors (Lipinski definition) is 2. The first-order valence-electron chi connectivity index (χ1n) is 5.51. The average molecular weight is 301 g/mol. The van der Waals surface area contributed by atoms with Crippen molar-refractivity contribution < 1.29 is 9.18 Å². The van der Waals surface area contributed by atoms with Gasteiger partial charge < -0.3 is 11.1 Å². The molecule has 17 heavy (non-hydrogen) atoms. The van der Waals surface area contributed by atoms with Crippen molar-refractivity contribution in [2.24, 2.45) is 11.8 Å². The molecule has 1 aliphatic rings. The van der Waals surface area contributed by atoms with Crippen molar-refractivity contribution in [1.29, 1.82) is 0 Å². The molecule has 1 aliphatic carbocycles. The smallest absolute Gasteiger partial charge is 0.252 e. The van der Waals surface area contributed by atoms with E-state index in [1.165, 1.54) is 12.1 Å². The third-order valence-corrected chi connectivity index (χ3v) is 3.79. The Hall–Kier alpha value is -1.10. The summed E-state index contributed by atoms with van der Waals surface area (Å²) in [6, 6.07) is 2.56. The van der Waals surface area contributed by atoms with Crippen LogP contribution in [0.1, 0.15) is 23.7 Å². The zero-order valence-electron chi connectivity index (χ0n) is 9.47. The maximum absolute atomic E-state index is 13.1. The van der Waals surface area contributed by atoms with E-state index in [1.54, 1.807) is 0 Å². The van der Waals surface area contributed by atoms with Crippen LogP contribution in [0.5, 0.6) is 0 Å². The molecule has 0 aliphatic heterocycles. The summed E-state index contributed by atoms with van der Waals surface area (Å²) >= 11 is 3.16. The van der Waals surface area contributed by atoms with Crippen molar-refractivity contribution in [1.82, 2.24) is 5.32 Å². The molecule has 2 rings (SSSR count). The monoisotopic (exact) mass is 300 g/mol. The highest BCUT2D eigenvalue weighted by Crippen LogP contribution is 2.36. The highest BCUT2D eigenvalue weighted by atomic mass is 79.9. The van der Waals surface area contributed by atoms with Gasteiger partial charge in [-0.1, -0.05) is 6.92 Å². The molecule has 3 nitrogen and oxygen atoms in total. The first kappa shape index (κ1) is 12.4. The van der Waals surface area contributed by atoms with Gasteiger partial charge in [0.05, 0.1) is 11.3 Å². The van der Waals surface area contributed by atoms with Crippen LogP contribution in [0.25, 0.3) is 0 Å². The zero-order chi connectivity index (χ0) is 12.6. The number of hydrogen-bond acceptors (Lipinski definition) is 2. The summed E-state index contributed by atoms with van der Waals surface area (Å²) in [5, 5.41) is 2.83. The fourth-order valence-corrected chi connectivity index (χ4v) is 2.24. The number of halogens is 2. The van der Waals surface area contributed by atoms with Crippen molar-refractivity contribution in [3.8, 4) is 0 Å². The third-order valence-electron chi connectivity index (χ3n) is 3.13. The summed E-state index contributed by atoms with van der Waals surface area (Å²) < 4.78 is 13.5. The Morgan fingerprint density at radius 1 is 1.65 bits per heavy atom. The van der Waals surface area contributed by atoms with Crippen LogP contribution in [-0.2, 0) is 0 Å². The minimum atomic E-state index is -0.524. The highest BCUT2D eigenvalue weighted by molar-refractivity contribution is 9.10. The molecule has 1 fully saturated rings. The summed E-state index contributed by atoms with van der Waals surface area (Å²) in [5.41, 5.74) is 5.80. The van der Waals surface area contributed by atoms with Gasteiger partial charge in [-0.2, -0.15) is 0 Å². The topological polar surface area (TPSA) is 55.1 Å². The first-order valence-corrected chi connectivity index (χ1v) is 6.31. The first-order chi connectivity index (χ1) is 7.99. The molecule has 1 aromatic rings. The van der Waals surface area contributed by atoms with Gasteiger partial charge in [-0.15, -0.1) is 0 Å². The van der Waals surface area contributed by atoms with Crippen LogP contribution >= 0.6 is 15.9 Å². The lowest BCUT2D eigenvalue weighted by Gasteiger charge is -2.08. The predicted octanol–water partition coefficient (Wildman–Crippen LogP) is 2.56. The lowest BCUT2D eigenvalue weighted by Crippen LogP contribution is -2.26. The molecular formula is C12H14BrFN2O. The molecular weight excluding hydrogens is 287 g/mol. The Labute approximate surface area is 108 Å². The SMILES string of the molecule is CC1CC1CNC(=O)c1cc(N)c(F)cc1Br. The van der Waals surface area contributed by atoms with Gasteiger partial charge in [0.2, 0.25) is 0 Å². The van der Waals surface area contributed by atoms with E-state index in [1.807, 2.05) is 0 Å². The second-order valence-electron chi connectivity index (χ2n) is 4.54. The summed E-state index contributed by atoms with van der Waals surface area (Å²) in [4.78, 5) is 11.8. The van der Waals surface area contributed by atoms with Gasteiger partial charge in [-0.3, -0.25) is 4.79 Å². The number of nitrogens with one attached hydrogen (secondary N) is 1. The van der Waals surface area contributed by atoms with E-state index in [0.717, 1.165) is 6.42 Å². The van der Waals surface area contributed by atoms with E-state index in [2.05, 4.69) is 28.2 Å². The van der Waals surface area contributed by atoms with Crippen molar-refractivity contribution in [2.75, 3.05) is 12.3 Å².